The predicted octanol–water partition coefficient (Wildman–Crippen LogP) is 1.78. The van der Waals surface area contributed by atoms with Gasteiger partial charge in [-0.3, -0.25) is 0 Å². The number of nitrogens with one attached hydrogen (secondary N) is 1. The highest BCUT2D eigenvalue weighted by Crippen LogP contribution is 2.21. The van der Waals surface area contributed by atoms with Gasteiger partial charge in [0, 0.05) is 17.8 Å². The van der Waals surface area contributed by atoms with E-state index < -0.39 is 0 Å². The molecule has 8 nitrogen and oxygen atoms in total. The molecule has 118 valence electrons. The smallest absolute Gasteiger partial charge is 0.254 e. The maximum absolute atomic E-state index is 5.69. The van der Waals surface area contributed by atoms with Gasteiger partial charge in [-0.05, 0) is 6.07 Å². The third kappa shape index (κ3) is 2.72. The van der Waals surface area contributed by atoms with Gasteiger partial charge in [-0.15, -0.1) is 0 Å². The van der Waals surface area contributed by atoms with Crippen molar-refractivity contribution in [2.24, 2.45) is 0 Å². The fourth-order valence-electron chi connectivity index (χ4n) is 2.36. The summed E-state index contributed by atoms with van der Waals surface area (Å²) in [6.45, 7) is 0.415. The number of nitrogens with zero attached hydrogens (tertiary/aromatic N) is 6. The van der Waals surface area contributed by atoms with Gasteiger partial charge in [-0.2, -0.15) is 14.6 Å². The minimum Gasteiger partial charge on any atom is -0.384 e. The molecule has 4 rings (SSSR count). The Hall–Kier alpha value is -3.55. The molecular weight excluding hydrogens is 304 g/mol. The van der Waals surface area contributed by atoms with Gasteiger partial charge in [-0.25, -0.2) is 15.0 Å². The van der Waals surface area contributed by atoms with E-state index in [2.05, 4.69) is 30.4 Å². The molecule has 0 aliphatic rings. The van der Waals surface area contributed by atoms with Crippen molar-refractivity contribution in [1.82, 2.24) is 29.5 Å². The van der Waals surface area contributed by atoms with Crippen LogP contribution in [0.2, 0.25) is 0 Å². The van der Waals surface area contributed by atoms with Gasteiger partial charge in [0.2, 0.25) is 0 Å². The average molecular weight is 318 g/mol. The van der Waals surface area contributed by atoms with E-state index in [0.717, 1.165) is 17.1 Å². The van der Waals surface area contributed by atoms with Crippen LogP contribution in [0.1, 0.15) is 5.82 Å². The summed E-state index contributed by atoms with van der Waals surface area (Å²) in [7, 11) is 0. The Bertz CT molecular complexity index is 980. The zero-order valence-corrected chi connectivity index (χ0v) is 12.7. The molecule has 0 atom stereocenters. The zero-order chi connectivity index (χ0) is 16.4. The minimum absolute atomic E-state index is 0.415. The summed E-state index contributed by atoms with van der Waals surface area (Å²) in [5, 5.41) is 7.47. The summed E-state index contributed by atoms with van der Waals surface area (Å²) in [4.78, 5) is 17.1. The molecule has 0 radical (unpaired) electrons. The molecule has 0 bridgehead atoms. The van der Waals surface area contributed by atoms with E-state index in [4.69, 9.17) is 5.73 Å². The molecular formula is C16H14N8. The first kappa shape index (κ1) is 14.1. The normalized spacial score (nSPS) is 10.8. The van der Waals surface area contributed by atoms with Crippen molar-refractivity contribution in [3.05, 3.63) is 60.8 Å². The first-order valence-electron chi connectivity index (χ1n) is 7.37. The highest BCUT2D eigenvalue weighted by molar-refractivity contribution is 5.65. The first-order valence-corrected chi connectivity index (χ1v) is 7.37. The number of hydrogen-bond donors (Lipinski definition) is 2. The second-order valence-corrected chi connectivity index (χ2v) is 5.12. The SMILES string of the molecule is Nc1ccnc(CNc2cc(-c3ccccc3)nc3ncnn23)n1. The largest absolute Gasteiger partial charge is 0.384 e. The van der Waals surface area contributed by atoms with Gasteiger partial charge in [0.1, 0.15) is 23.8 Å². The lowest BCUT2D eigenvalue weighted by Gasteiger charge is -2.09. The highest BCUT2D eigenvalue weighted by Gasteiger charge is 2.09. The first-order chi connectivity index (χ1) is 11.8. The van der Waals surface area contributed by atoms with Crippen LogP contribution < -0.4 is 11.1 Å². The monoisotopic (exact) mass is 318 g/mol. The molecule has 0 unspecified atom stereocenters. The van der Waals surface area contributed by atoms with Crippen molar-refractivity contribution in [3.63, 3.8) is 0 Å². The minimum atomic E-state index is 0.415. The van der Waals surface area contributed by atoms with Crippen LogP contribution in [-0.2, 0) is 6.54 Å². The molecule has 0 aliphatic carbocycles. The van der Waals surface area contributed by atoms with Crippen LogP contribution in [-0.4, -0.2) is 29.5 Å². The molecule has 24 heavy (non-hydrogen) atoms. The van der Waals surface area contributed by atoms with E-state index in [-0.39, 0.29) is 0 Å². The van der Waals surface area contributed by atoms with Crippen LogP contribution in [0, 0.1) is 0 Å². The fourth-order valence-corrected chi connectivity index (χ4v) is 2.36. The van der Waals surface area contributed by atoms with E-state index in [9.17, 15) is 0 Å². The Morgan fingerprint density at radius 3 is 2.75 bits per heavy atom. The fraction of sp³-hybridized carbons (Fsp3) is 0.0625. The van der Waals surface area contributed by atoms with Crippen LogP contribution in [0.3, 0.4) is 0 Å². The van der Waals surface area contributed by atoms with Crippen molar-refractivity contribution in [3.8, 4) is 11.3 Å². The third-order valence-corrected chi connectivity index (χ3v) is 3.48. The number of nitrogens with two attached hydrogens (primary N) is 1. The molecule has 1 aromatic carbocycles. The van der Waals surface area contributed by atoms with E-state index in [0.29, 0.717) is 24.0 Å². The van der Waals surface area contributed by atoms with Gasteiger partial charge >= 0.3 is 0 Å². The van der Waals surface area contributed by atoms with E-state index in [1.54, 1.807) is 16.8 Å². The molecule has 8 heteroatoms. The molecule has 0 spiro atoms. The number of rotatable bonds is 4. The van der Waals surface area contributed by atoms with E-state index >= 15 is 0 Å². The summed E-state index contributed by atoms with van der Waals surface area (Å²) >= 11 is 0. The Morgan fingerprint density at radius 2 is 1.92 bits per heavy atom. The molecule has 4 aromatic rings. The van der Waals surface area contributed by atoms with Crippen molar-refractivity contribution in [1.29, 1.82) is 0 Å². The van der Waals surface area contributed by atoms with Gasteiger partial charge in [0.15, 0.2) is 0 Å². The second kappa shape index (κ2) is 5.92. The number of hydrogen-bond acceptors (Lipinski definition) is 7. The van der Waals surface area contributed by atoms with Crippen molar-refractivity contribution in [2.45, 2.75) is 6.54 Å². The lowest BCUT2D eigenvalue weighted by molar-refractivity contribution is 0.896. The van der Waals surface area contributed by atoms with Crippen molar-refractivity contribution >= 4 is 17.4 Å². The molecule has 0 saturated carbocycles. The maximum atomic E-state index is 5.69. The summed E-state index contributed by atoms with van der Waals surface area (Å²) < 4.78 is 1.64. The molecule has 3 N–H and O–H groups in total. The van der Waals surface area contributed by atoms with Gasteiger partial charge < -0.3 is 11.1 Å². The molecule has 3 aromatic heterocycles. The summed E-state index contributed by atoms with van der Waals surface area (Å²) in [6.07, 6.45) is 3.10. The Balaban J connectivity index is 1.70. The number of nitrogen functional groups attached to an aromatic ring is 1. The predicted molar refractivity (Wildman–Crippen MR) is 90.0 cm³/mol. The number of aromatic nitrogens is 6. The maximum Gasteiger partial charge on any atom is 0.254 e. The van der Waals surface area contributed by atoms with Crippen molar-refractivity contribution < 1.29 is 0 Å². The van der Waals surface area contributed by atoms with Gasteiger partial charge in [0.05, 0.1) is 12.2 Å². The molecule has 0 aliphatic heterocycles. The van der Waals surface area contributed by atoms with Crippen LogP contribution in [0.5, 0.6) is 0 Å². The van der Waals surface area contributed by atoms with E-state index in [1.807, 2.05) is 36.4 Å². The zero-order valence-electron chi connectivity index (χ0n) is 12.7. The number of fused-ring (bicyclic) bond motifs is 1. The van der Waals surface area contributed by atoms with Gasteiger partial charge in [0.25, 0.3) is 5.78 Å². The van der Waals surface area contributed by atoms with Crippen LogP contribution >= 0.6 is 0 Å². The average Bonchev–Trinajstić information content (AvgIpc) is 3.09. The second-order valence-electron chi connectivity index (χ2n) is 5.12. The molecule has 0 fully saturated rings. The molecule has 0 amide bonds. The topological polar surface area (TPSA) is 107 Å². The standard InChI is InChI=1S/C16H14N8/c17-13-6-7-18-14(23-13)9-19-15-8-12(11-4-2-1-3-5-11)22-16-20-10-21-24(15)16/h1-8,10,19H,9H2,(H2,17,18,23). The molecule has 3 heterocycles. The number of benzene rings is 1. The molecule has 0 saturated heterocycles. The lowest BCUT2D eigenvalue weighted by Crippen LogP contribution is -2.09. The third-order valence-electron chi connectivity index (χ3n) is 3.48. The van der Waals surface area contributed by atoms with Crippen LogP contribution in [0.15, 0.2) is 55.0 Å². The summed E-state index contributed by atoms with van der Waals surface area (Å²) in [5.41, 5.74) is 7.50. The van der Waals surface area contributed by atoms with E-state index in [1.165, 1.54) is 6.33 Å². The highest BCUT2D eigenvalue weighted by atomic mass is 15.4. The van der Waals surface area contributed by atoms with Crippen LogP contribution in [0.4, 0.5) is 11.6 Å². The summed E-state index contributed by atoms with van der Waals surface area (Å²) in [6, 6.07) is 13.5. The van der Waals surface area contributed by atoms with Gasteiger partial charge in [-0.1, -0.05) is 30.3 Å². The quantitative estimate of drug-likeness (QED) is 0.590. The Labute approximate surface area is 137 Å². The Morgan fingerprint density at radius 1 is 1.04 bits per heavy atom. The summed E-state index contributed by atoms with van der Waals surface area (Å²) in [5.74, 6) is 2.31. The van der Waals surface area contributed by atoms with Crippen molar-refractivity contribution in [2.75, 3.05) is 11.1 Å². The number of anilines is 2. The Kier molecular flexibility index (Phi) is 3.47. The lowest BCUT2D eigenvalue weighted by atomic mass is 10.1. The van der Waals surface area contributed by atoms with Crippen LogP contribution in [0.25, 0.3) is 17.0 Å².